The Kier molecular flexibility index (Phi) is 8.14. The van der Waals surface area contributed by atoms with Gasteiger partial charge < -0.3 is 15.3 Å². The van der Waals surface area contributed by atoms with Crippen LogP contribution < -0.4 is 11.6 Å². The number of hydrogen-bond acceptors (Lipinski definition) is 6. The van der Waals surface area contributed by atoms with Crippen LogP contribution in [0.3, 0.4) is 0 Å². The second kappa shape index (κ2) is 7.47. The molecule has 0 bridgehead atoms. The summed E-state index contributed by atoms with van der Waals surface area (Å²) < 4.78 is 5.14. The lowest BCUT2D eigenvalue weighted by Gasteiger charge is -2.23. The lowest BCUT2D eigenvalue weighted by atomic mass is 10.0. The SMILES string of the molecule is CC(CC(N)C(=O)ON)C(=O)OC(C)(C)C.Cl. The van der Waals surface area contributed by atoms with E-state index >= 15 is 0 Å². The molecule has 0 aromatic carbocycles. The van der Waals surface area contributed by atoms with Gasteiger partial charge >= 0.3 is 11.9 Å². The molecule has 2 unspecified atom stereocenters. The maximum Gasteiger partial charge on any atom is 0.341 e. The fourth-order valence-electron chi connectivity index (χ4n) is 1.06. The monoisotopic (exact) mass is 268 g/mol. The number of carbonyl (C=O) groups is 2. The van der Waals surface area contributed by atoms with Crippen LogP contribution in [-0.4, -0.2) is 23.6 Å². The Morgan fingerprint density at radius 1 is 1.24 bits per heavy atom. The van der Waals surface area contributed by atoms with E-state index in [0.29, 0.717) is 0 Å². The molecule has 0 aromatic rings. The average Bonchev–Trinajstić information content (AvgIpc) is 2.13. The van der Waals surface area contributed by atoms with Gasteiger partial charge in [-0.3, -0.25) is 4.79 Å². The van der Waals surface area contributed by atoms with Crippen molar-refractivity contribution in [1.29, 1.82) is 0 Å². The van der Waals surface area contributed by atoms with Crippen molar-refractivity contribution < 1.29 is 19.2 Å². The largest absolute Gasteiger partial charge is 0.460 e. The van der Waals surface area contributed by atoms with Crippen LogP contribution in [0.4, 0.5) is 0 Å². The first-order valence-electron chi connectivity index (χ1n) is 5.06. The van der Waals surface area contributed by atoms with Crippen LogP contribution in [0.15, 0.2) is 0 Å². The molecule has 4 N–H and O–H groups in total. The second-order valence-corrected chi connectivity index (χ2v) is 4.71. The summed E-state index contributed by atoms with van der Waals surface area (Å²) in [7, 11) is 0. The third-order valence-corrected chi connectivity index (χ3v) is 1.84. The Bertz CT molecular complexity index is 266. The molecule has 0 aliphatic heterocycles. The molecule has 2 atom stereocenters. The minimum Gasteiger partial charge on any atom is -0.460 e. The van der Waals surface area contributed by atoms with E-state index in [0.717, 1.165) is 0 Å². The molecule has 0 fully saturated rings. The fraction of sp³-hybridized carbons (Fsp3) is 0.800. The van der Waals surface area contributed by atoms with Gasteiger partial charge in [-0.15, -0.1) is 12.4 Å². The molecule has 17 heavy (non-hydrogen) atoms. The number of nitrogens with two attached hydrogens (primary N) is 2. The Morgan fingerprint density at radius 3 is 2.06 bits per heavy atom. The zero-order valence-corrected chi connectivity index (χ0v) is 11.4. The van der Waals surface area contributed by atoms with Gasteiger partial charge in [0.25, 0.3) is 0 Å². The summed E-state index contributed by atoms with van der Waals surface area (Å²) in [5.74, 6) is 3.07. The molecule has 0 spiro atoms. The van der Waals surface area contributed by atoms with Gasteiger partial charge in [-0.05, 0) is 27.2 Å². The first-order chi connectivity index (χ1) is 7.17. The number of esters is 1. The van der Waals surface area contributed by atoms with E-state index in [1.54, 1.807) is 27.7 Å². The minimum atomic E-state index is -0.910. The molecule has 6 nitrogen and oxygen atoms in total. The molecular weight excluding hydrogens is 248 g/mol. The quantitative estimate of drug-likeness (QED) is 0.569. The molecule has 0 aliphatic rings. The van der Waals surface area contributed by atoms with Crippen LogP contribution in [-0.2, 0) is 19.2 Å². The first-order valence-corrected chi connectivity index (χ1v) is 5.06. The summed E-state index contributed by atoms with van der Waals surface area (Å²) in [6, 6.07) is -0.910. The minimum absolute atomic E-state index is 0. The predicted molar refractivity (Wildman–Crippen MR) is 65.1 cm³/mol. The highest BCUT2D eigenvalue weighted by molar-refractivity contribution is 5.85. The van der Waals surface area contributed by atoms with E-state index in [4.69, 9.17) is 10.5 Å². The van der Waals surface area contributed by atoms with E-state index in [2.05, 4.69) is 10.7 Å². The number of halogens is 1. The number of carbonyl (C=O) groups excluding carboxylic acids is 2. The van der Waals surface area contributed by atoms with Crippen LogP contribution in [0.5, 0.6) is 0 Å². The van der Waals surface area contributed by atoms with Crippen LogP contribution in [0, 0.1) is 5.92 Å². The van der Waals surface area contributed by atoms with Crippen molar-refractivity contribution in [3.05, 3.63) is 0 Å². The zero-order chi connectivity index (χ0) is 12.9. The van der Waals surface area contributed by atoms with Crippen molar-refractivity contribution in [2.45, 2.75) is 45.8 Å². The van der Waals surface area contributed by atoms with Gasteiger partial charge in [-0.2, -0.15) is 5.90 Å². The molecular formula is C10H21ClN2O4. The smallest absolute Gasteiger partial charge is 0.341 e. The summed E-state index contributed by atoms with van der Waals surface area (Å²) in [6.07, 6.45) is 0.144. The van der Waals surface area contributed by atoms with Gasteiger partial charge in [0, 0.05) is 0 Å². The van der Waals surface area contributed by atoms with Crippen LogP contribution >= 0.6 is 12.4 Å². The Labute approximate surface area is 107 Å². The molecule has 0 aliphatic carbocycles. The van der Waals surface area contributed by atoms with E-state index in [9.17, 15) is 9.59 Å². The third-order valence-electron chi connectivity index (χ3n) is 1.84. The molecule has 102 valence electrons. The number of rotatable bonds is 4. The van der Waals surface area contributed by atoms with Gasteiger partial charge in [0.1, 0.15) is 11.6 Å². The standard InChI is InChI=1S/C10H20N2O4.ClH/c1-6(5-7(11)9(14)16-12)8(13)15-10(2,3)4;/h6-7H,5,11-12H2,1-4H3;1H. The van der Waals surface area contributed by atoms with Gasteiger partial charge in [0.15, 0.2) is 0 Å². The predicted octanol–water partition coefficient (Wildman–Crippen LogP) is 0.520. The number of ether oxygens (including phenoxy) is 1. The Balaban J connectivity index is 0. The summed E-state index contributed by atoms with van der Waals surface area (Å²) in [5, 5.41) is 0. The van der Waals surface area contributed by atoms with Gasteiger partial charge in [-0.1, -0.05) is 6.92 Å². The van der Waals surface area contributed by atoms with Crippen molar-refractivity contribution in [2.75, 3.05) is 0 Å². The van der Waals surface area contributed by atoms with E-state index in [-0.39, 0.29) is 18.8 Å². The van der Waals surface area contributed by atoms with E-state index in [1.165, 1.54) is 0 Å². The molecule has 0 radical (unpaired) electrons. The molecule has 0 saturated heterocycles. The molecule has 0 heterocycles. The fourth-order valence-corrected chi connectivity index (χ4v) is 1.06. The molecule has 7 heteroatoms. The lowest BCUT2D eigenvalue weighted by molar-refractivity contribution is -0.160. The van der Waals surface area contributed by atoms with Gasteiger partial charge in [0.2, 0.25) is 0 Å². The van der Waals surface area contributed by atoms with Gasteiger partial charge in [-0.25, -0.2) is 4.79 Å². The highest BCUT2D eigenvalue weighted by atomic mass is 35.5. The maximum absolute atomic E-state index is 11.5. The van der Waals surface area contributed by atoms with Crippen molar-refractivity contribution >= 4 is 24.3 Å². The Hall–Kier alpha value is -0.850. The highest BCUT2D eigenvalue weighted by Crippen LogP contribution is 2.14. The third kappa shape index (κ3) is 7.95. The van der Waals surface area contributed by atoms with Crippen LogP contribution in [0.25, 0.3) is 0 Å². The van der Waals surface area contributed by atoms with Crippen molar-refractivity contribution in [3.8, 4) is 0 Å². The van der Waals surface area contributed by atoms with E-state index < -0.39 is 29.5 Å². The maximum atomic E-state index is 11.5. The normalized spacial score (nSPS) is 14.2. The second-order valence-electron chi connectivity index (χ2n) is 4.71. The molecule has 0 saturated carbocycles. The molecule has 0 rings (SSSR count). The summed E-state index contributed by atoms with van der Waals surface area (Å²) in [5.41, 5.74) is 4.92. The first kappa shape index (κ1) is 18.5. The average molecular weight is 269 g/mol. The van der Waals surface area contributed by atoms with Crippen molar-refractivity contribution in [2.24, 2.45) is 17.5 Å². The summed E-state index contributed by atoms with van der Waals surface area (Å²) >= 11 is 0. The summed E-state index contributed by atoms with van der Waals surface area (Å²) in [6.45, 7) is 6.95. The molecule has 0 aromatic heterocycles. The zero-order valence-electron chi connectivity index (χ0n) is 10.6. The lowest BCUT2D eigenvalue weighted by Crippen LogP contribution is -2.38. The summed E-state index contributed by atoms with van der Waals surface area (Å²) in [4.78, 5) is 26.5. The Morgan fingerprint density at radius 2 is 1.71 bits per heavy atom. The van der Waals surface area contributed by atoms with Gasteiger partial charge in [0.05, 0.1) is 5.92 Å². The van der Waals surface area contributed by atoms with Crippen LogP contribution in [0.2, 0.25) is 0 Å². The van der Waals surface area contributed by atoms with Crippen molar-refractivity contribution in [1.82, 2.24) is 0 Å². The van der Waals surface area contributed by atoms with E-state index in [1.807, 2.05) is 0 Å². The number of hydrogen-bond donors (Lipinski definition) is 2. The van der Waals surface area contributed by atoms with Crippen molar-refractivity contribution in [3.63, 3.8) is 0 Å². The topological polar surface area (TPSA) is 105 Å². The molecule has 0 amide bonds. The highest BCUT2D eigenvalue weighted by Gasteiger charge is 2.26. The van der Waals surface area contributed by atoms with Crippen LogP contribution in [0.1, 0.15) is 34.1 Å².